The maximum atomic E-state index is 11.8. The van der Waals surface area contributed by atoms with Crippen LogP contribution in [-0.4, -0.2) is 0 Å². The van der Waals surface area contributed by atoms with Crippen LogP contribution in [0.4, 0.5) is 0 Å². The predicted octanol–water partition coefficient (Wildman–Crippen LogP) is 3.05. The first kappa shape index (κ1) is 8.97. The van der Waals surface area contributed by atoms with E-state index in [-0.39, 0.29) is 5.43 Å². The second-order valence-corrected chi connectivity index (χ2v) is 3.45. The highest BCUT2D eigenvalue weighted by Gasteiger charge is 2.07. The van der Waals surface area contributed by atoms with Gasteiger partial charge in [-0.05, 0) is 24.3 Å². The molecule has 2 heterocycles. The molecule has 16 heavy (non-hydrogen) atoms. The van der Waals surface area contributed by atoms with E-state index in [4.69, 9.17) is 8.83 Å². The Morgan fingerprint density at radius 3 is 2.62 bits per heavy atom. The van der Waals surface area contributed by atoms with Gasteiger partial charge < -0.3 is 8.83 Å². The molecule has 0 spiro atoms. The molecule has 0 bridgehead atoms. The molecule has 2 aromatic heterocycles. The van der Waals surface area contributed by atoms with Crippen molar-refractivity contribution in [2.24, 2.45) is 0 Å². The molecule has 0 aliphatic heterocycles. The summed E-state index contributed by atoms with van der Waals surface area (Å²) in [6, 6.07) is 12.1. The summed E-state index contributed by atoms with van der Waals surface area (Å²) in [5.74, 6) is 1.01. The highest BCUT2D eigenvalue weighted by molar-refractivity contribution is 5.77. The highest BCUT2D eigenvalue weighted by Crippen LogP contribution is 2.21. The SMILES string of the molecule is O=c1cc(-c2ccco2)oc2ccccc12. The Labute approximate surface area is 90.9 Å². The molecule has 3 nitrogen and oxygen atoms in total. The number of fused-ring (bicyclic) bond motifs is 1. The third-order valence-corrected chi connectivity index (χ3v) is 2.40. The molecule has 0 unspecified atom stereocenters. The number of benzene rings is 1. The molecule has 0 saturated heterocycles. The summed E-state index contributed by atoms with van der Waals surface area (Å²) in [7, 11) is 0. The van der Waals surface area contributed by atoms with Crippen LogP contribution in [0.3, 0.4) is 0 Å². The van der Waals surface area contributed by atoms with Crippen molar-refractivity contribution in [3.8, 4) is 11.5 Å². The van der Waals surface area contributed by atoms with Gasteiger partial charge in [-0.1, -0.05) is 12.1 Å². The van der Waals surface area contributed by atoms with Gasteiger partial charge in [-0.15, -0.1) is 0 Å². The van der Waals surface area contributed by atoms with E-state index in [1.54, 1.807) is 30.5 Å². The highest BCUT2D eigenvalue weighted by atomic mass is 16.4. The largest absolute Gasteiger partial charge is 0.461 e. The Hall–Kier alpha value is -2.29. The molecule has 0 aliphatic carbocycles. The van der Waals surface area contributed by atoms with Gasteiger partial charge in [0.1, 0.15) is 5.58 Å². The van der Waals surface area contributed by atoms with Gasteiger partial charge in [0.15, 0.2) is 16.9 Å². The summed E-state index contributed by atoms with van der Waals surface area (Å²) in [4.78, 5) is 11.8. The van der Waals surface area contributed by atoms with Crippen molar-refractivity contribution in [1.82, 2.24) is 0 Å². The maximum Gasteiger partial charge on any atom is 0.193 e. The van der Waals surface area contributed by atoms with Crippen molar-refractivity contribution in [1.29, 1.82) is 0 Å². The molecule has 0 N–H and O–H groups in total. The minimum atomic E-state index is -0.0618. The molecule has 3 heteroatoms. The Morgan fingerprint density at radius 1 is 0.938 bits per heavy atom. The van der Waals surface area contributed by atoms with Gasteiger partial charge in [-0.25, -0.2) is 0 Å². The molecule has 0 saturated carbocycles. The zero-order chi connectivity index (χ0) is 11.0. The van der Waals surface area contributed by atoms with Crippen LogP contribution in [0.5, 0.6) is 0 Å². The van der Waals surface area contributed by atoms with Crippen molar-refractivity contribution >= 4 is 11.0 Å². The second-order valence-electron chi connectivity index (χ2n) is 3.45. The monoisotopic (exact) mass is 212 g/mol. The van der Waals surface area contributed by atoms with E-state index in [0.29, 0.717) is 22.5 Å². The minimum Gasteiger partial charge on any atom is -0.461 e. The molecule has 3 aromatic rings. The van der Waals surface area contributed by atoms with Gasteiger partial charge in [0.25, 0.3) is 0 Å². The van der Waals surface area contributed by atoms with E-state index < -0.39 is 0 Å². The summed E-state index contributed by atoms with van der Waals surface area (Å²) in [6.45, 7) is 0. The average Bonchev–Trinajstić information content (AvgIpc) is 2.82. The molecule has 0 aliphatic rings. The maximum absolute atomic E-state index is 11.8. The number of rotatable bonds is 1. The van der Waals surface area contributed by atoms with E-state index in [1.807, 2.05) is 12.1 Å². The van der Waals surface area contributed by atoms with Gasteiger partial charge in [-0.3, -0.25) is 4.79 Å². The van der Waals surface area contributed by atoms with Crippen molar-refractivity contribution in [2.45, 2.75) is 0 Å². The summed E-state index contributed by atoms with van der Waals surface area (Å²) in [6.07, 6.45) is 1.55. The fraction of sp³-hybridized carbons (Fsp3) is 0. The fourth-order valence-electron chi connectivity index (χ4n) is 1.64. The van der Waals surface area contributed by atoms with Crippen LogP contribution in [0.15, 0.2) is 62.4 Å². The molecule has 0 amide bonds. The van der Waals surface area contributed by atoms with Crippen molar-refractivity contribution in [3.63, 3.8) is 0 Å². The first-order chi connectivity index (χ1) is 7.84. The van der Waals surface area contributed by atoms with Crippen molar-refractivity contribution < 1.29 is 8.83 Å². The first-order valence-electron chi connectivity index (χ1n) is 4.91. The minimum absolute atomic E-state index is 0.0618. The Morgan fingerprint density at radius 2 is 1.81 bits per heavy atom. The summed E-state index contributed by atoms with van der Waals surface area (Å²) >= 11 is 0. The van der Waals surface area contributed by atoms with E-state index >= 15 is 0 Å². The van der Waals surface area contributed by atoms with Crippen molar-refractivity contribution in [3.05, 3.63) is 59.0 Å². The van der Waals surface area contributed by atoms with Crippen LogP contribution in [0, 0.1) is 0 Å². The van der Waals surface area contributed by atoms with Crippen LogP contribution in [0.25, 0.3) is 22.5 Å². The standard InChI is InChI=1S/C13H8O3/c14-10-8-13(12-6-3-7-15-12)16-11-5-2-1-4-9(10)11/h1-8H. The lowest BCUT2D eigenvalue weighted by Gasteiger charge is -1.99. The Kier molecular flexibility index (Phi) is 1.90. The first-order valence-corrected chi connectivity index (χ1v) is 4.91. The number of hydrogen-bond acceptors (Lipinski definition) is 3. The normalized spacial score (nSPS) is 10.8. The quantitative estimate of drug-likeness (QED) is 0.622. The number of hydrogen-bond donors (Lipinski definition) is 0. The van der Waals surface area contributed by atoms with E-state index in [9.17, 15) is 4.79 Å². The topological polar surface area (TPSA) is 43.4 Å². The lowest BCUT2D eigenvalue weighted by atomic mass is 10.2. The van der Waals surface area contributed by atoms with Gasteiger partial charge in [-0.2, -0.15) is 0 Å². The molecule has 0 radical (unpaired) electrons. The third-order valence-electron chi connectivity index (χ3n) is 2.40. The van der Waals surface area contributed by atoms with Crippen LogP contribution >= 0.6 is 0 Å². The summed E-state index contributed by atoms with van der Waals surface area (Å²) < 4.78 is 10.8. The van der Waals surface area contributed by atoms with Crippen LogP contribution in [0.1, 0.15) is 0 Å². The molecular weight excluding hydrogens is 204 g/mol. The van der Waals surface area contributed by atoms with Crippen molar-refractivity contribution in [2.75, 3.05) is 0 Å². The fourth-order valence-corrected chi connectivity index (χ4v) is 1.64. The Bertz CT molecular complexity index is 678. The molecule has 3 rings (SSSR count). The smallest absolute Gasteiger partial charge is 0.193 e. The van der Waals surface area contributed by atoms with E-state index in [2.05, 4.69) is 0 Å². The molecule has 0 fully saturated rings. The zero-order valence-corrected chi connectivity index (χ0v) is 8.34. The molecule has 0 atom stereocenters. The summed E-state index contributed by atoms with van der Waals surface area (Å²) in [5.41, 5.74) is 0.509. The summed E-state index contributed by atoms with van der Waals surface area (Å²) in [5, 5.41) is 0.581. The van der Waals surface area contributed by atoms with Crippen LogP contribution in [0.2, 0.25) is 0 Å². The van der Waals surface area contributed by atoms with Gasteiger partial charge >= 0.3 is 0 Å². The number of furan rings is 1. The van der Waals surface area contributed by atoms with E-state index in [0.717, 1.165) is 0 Å². The lowest BCUT2D eigenvalue weighted by Crippen LogP contribution is -1.99. The molecule has 1 aromatic carbocycles. The third kappa shape index (κ3) is 1.34. The lowest BCUT2D eigenvalue weighted by molar-refractivity contribution is 0.537. The molecule has 78 valence electrons. The van der Waals surface area contributed by atoms with Crippen LogP contribution in [-0.2, 0) is 0 Å². The second kappa shape index (κ2) is 3.38. The van der Waals surface area contributed by atoms with E-state index in [1.165, 1.54) is 6.07 Å². The van der Waals surface area contributed by atoms with Gasteiger partial charge in [0, 0.05) is 6.07 Å². The molecular formula is C13H8O3. The number of para-hydroxylation sites is 1. The van der Waals surface area contributed by atoms with Gasteiger partial charge in [0.05, 0.1) is 11.6 Å². The van der Waals surface area contributed by atoms with Crippen LogP contribution < -0.4 is 5.43 Å². The average molecular weight is 212 g/mol. The van der Waals surface area contributed by atoms with Gasteiger partial charge in [0.2, 0.25) is 0 Å². The zero-order valence-electron chi connectivity index (χ0n) is 8.34. The predicted molar refractivity (Wildman–Crippen MR) is 60.2 cm³/mol. The Balaban J connectivity index is 2.34.